The van der Waals surface area contributed by atoms with E-state index in [9.17, 15) is 18.0 Å². The molecule has 0 aromatic heterocycles. The maximum absolute atomic E-state index is 12.6. The normalized spacial score (nSPS) is 16.9. The molecule has 8 heteroatoms. The molecule has 2 aromatic carbocycles. The number of rotatable bonds is 6. The van der Waals surface area contributed by atoms with Crippen LogP contribution in [0.1, 0.15) is 23.1 Å². The first-order valence-electron chi connectivity index (χ1n) is 9.77. The molecule has 1 heterocycles. The van der Waals surface area contributed by atoms with E-state index in [4.69, 9.17) is 0 Å². The Labute approximate surface area is 177 Å². The van der Waals surface area contributed by atoms with E-state index in [0.717, 1.165) is 26.7 Å². The molecule has 160 valence electrons. The minimum Gasteiger partial charge on any atom is -0.352 e. The van der Waals surface area contributed by atoms with Crippen molar-refractivity contribution in [2.75, 3.05) is 25.5 Å². The number of nitrogens with one attached hydrogen (secondary N) is 1. The van der Waals surface area contributed by atoms with Crippen LogP contribution in [0.25, 0.3) is 0 Å². The summed E-state index contributed by atoms with van der Waals surface area (Å²) in [5.74, 6) is -0.644. The number of aryl methyl sites for hydroxylation is 1. The predicted molar refractivity (Wildman–Crippen MR) is 116 cm³/mol. The molecule has 1 atom stereocenters. The quantitative estimate of drug-likeness (QED) is 0.763. The van der Waals surface area contributed by atoms with Crippen LogP contribution in [-0.4, -0.2) is 45.2 Å². The fourth-order valence-electron chi connectivity index (χ4n) is 3.47. The number of amides is 2. The van der Waals surface area contributed by atoms with Gasteiger partial charge in [0.1, 0.15) is 0 Å². The molecule has 1 unspecified atom stereocenters. The fourth-order valence-corrected chi connectivity index (χ4v) is 4.37. The van der Waals surface area contributed by atoms with Gasteiger partial charge in [0.15, 0.2) is 0 Å². The second-order valence-corrected chi connectivity index (χ2v) is 9.93. The van der Waals surface area contributed by atoms with Gasteiger partial charge in [0.2, 0.25) is 21.8 Å². The van der Waals surface area contributed by atoms with Crippen LogP contribution in [0.2, 0.25) is 0 Å². The van der Waals surface area contributed by atoms with Crippen molar-refractivity contribution in [3.63, 3.8) is 0 Å². The Balaban J connectivity index is 1.62. The molecule has 1 aliphatic heterocycles. The van der Waals surface area contributed by atoms with Crippen molar-refractivity contribution >= 4 is 27.5 Å². The lowest BCUT2D eigenvalue weighted by molar-refractivity contribution is -0.126. The summed E-state index contributed by atoms with van der Waals surface area (Å²) in [6, 6.07) is 12.2. The van der Waals surface area contributed by atoms with Crippen LogP contribution in [0.5, 0.6) is 0 Å². The molecule has 0 aliphatic carbocycles. The van der Waals surface area contributed by atoms with Crippen molar-refractivity contribution in [3.8, 4) is 0 Å². The van der Waals surface area contributed by atoms with E-state index in [0.29, 0.717) is 6.54 Å². The van der Waals surface area contributed by atoms with Gasteiger partial charge >= 0.3 is 0 Å². The second kappa shape index (κ2) is 8.57. The van der Waals surface area contributed by atoms with Gasteiger partial charge in [-0.1, -0.05) is 24.3 Å². The zero-order valence-corrected chi connectivity index (χ0v) is 18.5. The van der Waals surface area contributed by atoms with E-state index < -0.39 is 15.9 Å². The lowest BCUT2D eigenvalue weighted by atomic mass is 10.1. The van der Waals surface area contributed by atoms with Crippen molar-refractivity contribution in [2.24, 2.45) is 5.92 Å². The molecule has 0 spiro atoms. The fraction of sp³-hybridized carbons (Fsp3) is 0.364. The Morgan fingerprint density at radius 3 is 2.43 bits per heavy atom. The van der Waals surface area contributed by atoms with Gasteiger partial charge in [0.25, 0.3) is 0 Å². The van der Waals surface area contributed by atoms with Gasteiger partial charge in [0, 0.05) is 39.3 Å². The summed E-state index contributed by atoms with van der Waals surface area (Å²) >= 11 is 0. The molecule has 7 nitrogen and oxygen atoms in total. The van der Waals surface area contributed by atoms with Crippen LogP contribution >= 0.6 is 0 Å². The van der Waals surface area contributed by atoms with Gasteiger partial charge in [0.05, 0.1) is 10.8 Å². The monoisotopic (exact) mass is 429 g/mol. The first kappa shape index (κ1) is 22.0. The Kier molecular flexibility index (Phi) is 6.28. The predicted octanol–water partition coefficient (Wildman–Crippen LogP) is 2.22. The van der Waals surface area contributed by atoms with Crippen molar-refractivity contribution in [2.45, 2.75) is 31.7 Å². The van der Waals surface area contributed by atoms with E-state index >= 15 is 0 Å². The van der Waals surface area contributed by atoms with Crippen LogP contribution in [0, 0.1) is 19.8 Å². The van der Waals surface area contributed by atoms with Gasteiger partial charge in [-0.2, -0.15) is 0 Å². The SMILES string of the molecule is Cc1cccc(N2CC(C(=O)NCc3ccc(S(=O)(=O)N(C)C)cc3)CC2=O)c1C. The Hall–Kier alpha value is -2.71. The summed E-state index contributed by atoms with van der Waals surface area (Å²) < 4.78 is 25.4. The third-order valence-corrected chi connectivity index (χ3v) is 7.36. The van der Waals surface area contributed by atoms with E-state index in [2.05, 4.69) is 5.32 Å². The molecular weight excluding hydrogens is 402 g/mol. The van der Waals surface area contributed by atoms with Crippen LogP contribution < -0.4 is 10.2 Å². The second-order valence-electron chi connectivity index (χ2n) is 7.77. The molecule has 2 amide bonds. The summed E-state index contributed by atoms with van der Waals surface area (Å²) in [6.07, 6.45) is 0.180. The van der Waals surface area contributed by atoms with E-state index in [1.165, 1.54) is 26.2 Å². The maximum Gasteiger partial charge on any atom is 0.242 e. The average molecular weight is 430 g/mol. The summed E-state index contributed by atoms with van der Waals surface area (Å²) in [7, 11) is -0.520. The molecule has 0 saturated carbocycles. The number of nitrogens with zero attached hydrogens (tertiary/aromatic N) is 2. The van der Waals surface area contributed by atoms with Crippen LogP contribution in [0.15, 0.2) is 47.4 Å². The Morgan fingerprint density at radius 1 is 1.13 bits per heavy atom. The lowest BCUT2D eigenvalue weighted by Crippen LogP contribution is -2.32. The number of anilines is 1. The molecule has 1 aliphatic rings. The number of hydrogen-bond donors (Lipinski definition) is 1. The summed E-state index contributed by atoms with van der Waals surface area (Å²) in [6.45, 7) is 4.61. The number of carbonyl (C=O) groups is 2. The largest absolute Gasteiger partial charge is 0.352 e. The highest BCUT2D eigenvalue weighted by molar-refractivity contribution is 7.89. The Bertz CT molecular complexity index is 1060. The standard InChI is InChI=1S/C22H27N3O4S/c1-15-6-5-7-20(16(15)2)25-14-18(12-21(25)26)22(27)23-13-17-8-10-19(11-9-17)30(28,29)24(3)4/h5-11,18H,12-14H2,1-4H3,(H,23,27). The molecule has 1 N–H and O–H groups in total. The van der Waals surface area contributed by atoms with E-state index in [-0.39, 0.29) is 29.7 Å². The highest BCUT2D eigenvalue weighted by Crippen LogP contribution is 2.29. The number of benzene rings is 2. The van der Waals surface area contributed by atoms with Crippen molar-refractivity contribution < 1.29 is 18.0 Å². The number of hydrogen-bond acceptors (Lipinski definition) is 4. The topological polar surface area (TPSA) is 86.8 Å². The molecule has 1 fully saturated rings. The average Bonchev–Trinajstić information content (AvgIpc) is 3.10. The molecular formula is C22H27N3O4S. The van der Waals surface area contributed by atoms with E-state index in [1.54, 1.807) is 17.0 Å². The number of sulfonamides is 1. The van der Waals surface area contributed by atoms with Gasteiger partial charge in [-0.25, -0.2) is 12.7 Å². The first-order chi connectivity index (χ1) is 14.1. The summed E-state index contributed by atoms with van der Waals surface area (Å²) in [5, 5.41) is 2.86. The Morgan fingerprint density at radius 2 is 1.80 bits per heavy atom. The summed E-state index contributed by atoms with van der Waals surface area (Å²) in [5.41, 5.74) is 3.79. The first-order valence-corrected chi connectivity index (χ1v) is 11.2. The summed E-state index contributed by atoms with van der Waals surface area (Å²) in [4.78, 5) is 27.0. The van der Waals surface area contributed by atoms with Crippen molar-refractivity contribution in [3.05, 3.63) is 59.2 Å². The van der Waals surface area contributed by atoms with Gasteiger partial charge < -0.3 is 10.2 Å². The maximum atomic E-state index is 12.6. The molecule has 0 bridgehead atoms. The van der Waals surface area contributed by atoms with Gasteiger partial charge in [-0.3, -0.25) is 9.59 Å². The molecule has 30 heavy (non-hydrogen) atoms. The molecule has 2 aromatic rings. The van der Waals surface area contributed by atoms with Gasteiger partial charge in [-0.05, 0) is 48.7 Å². The highest BCUT2D eigenvalue weighted by Gasteiger charge is 2.35. The van der Waals surface area contributed by atoms with Gasteiger partial charge in [-0.15, -0.1) is 0 Å². The zero-order chi connectivity index (χ0) is 22.1. The third kappa shape index (κ3) is 4.39. The third-order valence-electron chi connectivity index (χ3n) is 5.53. The smallest absolute Gasteiger partial charge is 0.242 e. The van der Waals surface area contributed by atoms with Crippen molar-refractivity contribution in [1.29, 1.82) is 0 Å². The van der Waals surface area contributed by atoms with Crippen LogP contribution in [-0.2, 0) is 26.2 Å². The van der Waals surface area contributed by atoms with E-state index in [1.807, 2.05) is 32.0 Å². The highest BCUT2D eigenvalue weighted by atomic mass is 32.2. The molecule has 1 saturated heterocycles. The van der Waals surface area contributed by atoms with Crippen molar-refractivity contribution in [1.82, 2.24) is 9.62 Å². The molecule has 0 radical (unpaired) electrons. The minimum absolute atomic E-state index is 0.0536. The van der Waals surface area contributed by atoms with Crippen LogP contribution in [0.4, 0.5) is 5.69 Å². The lowest BCUT2D eigenvalue weighted by Gasteiger charge is -2.20. The number of carbonyl (C=O) groups excluding carboxylic acids is 2. The molecule has 3 rings (SSSR count). The zero-order valence-electron chi connectivity index (χ0n) is 17.7. The van der Waals surface area contributed by atoms with Crippen LogP contribution in [0.3, 0.4) is 0 Å². The minimum atomic E-state index is -3.48.